The summed E-state index contributed by atoms with van der Waals surface area (Å²) in [5.74, 6) is -1.62. The monoisotopic (exact) mass is 1670 g/mol. The van der Waals surface area contributed by atoms with Crippen molar-refractivity contribution in [2.45, 2.75) is 360 Å². The highest BCUT2D eigenvalue weighted by atomic mass is 31.2. The molecule has 0 aromatic heterocycles. The van der Waals surface area contributed by atoms with E-state index in [0.717, 1.165) is 186 Å². The van der Waals surface area contributed by atoms with Gasteiger partial charge in [0.1, 0.15) is 25.4 Å². The molecule has 0 heterocycles. The lowest BCUT2D eigenvalue weighted by atomic mass is 10.0. The fourth-order valence-electron chi connectivity index (χ4n) is 11.7. The molecule has 5 atom stereocenters. The minimum absolute atomic E-state index is 0.0585. The minimum atomic E-state index is -4.96. The van der Waals surface area contributed by atoms with E-state index in [1.165, 1.54) is 96.3 Å². The van der Waals surface area contributed by atoms with Crippen LogP contribution in [0.1, 0.15) is 342 Å². The molecule has 5 unspecified atom stereocenters. The lowest BCUT2D eigenvalue weighted by molar-refractivity contribution is -0.161. The summed E-state index contributed by atoms with van der Waals surface area (Å²) in [6.07, 6.45) is 120. The van der Waals surface area contributed by atoms with E-state index >= 15 is 0 Å². The number of allylic oxidation sites excluding steroid dienone is 34. The average Bonchev–Trinajstić information content (AvgIpc) is 0.891. The summed E-state index contributed by atoms with van der Waals surface area (Å²) in [6.45, 7) is 2.31. The molecule has 117 heavy (non-hydrogen) atoms. The van der Waals surface area contributed by atoms with Crippen LogP contribution >= 0.6 is 15.6 Å². The SMILES string of the molecule is CC/C=C\C/C=C\C/C=C\C/C=C\C/C=C\C/C=C\CCCCCCCCCCCCCCC(=O)OCC(O)COP(=O)(O)OCC(O)COP(=O)(O)OCC(COC(=O)CCCCCCCCCCCCCC/C=C\C/C=C\C/C=C\C/C=C\C/C=C\C/C=C\CC)OC(=O)CCCCC/C=C\C/C=C\C/C=C\C/C=C\C/C=C\CC. The van der Waals surface area contributed by atoms with Crippen molar-refractivity contribution in [1.29, 1.82) is 0 Å². The molecule has 0 aliphatic carbocycles. The predicted molar refractivity (Wildman–Crippen MR) is 491 cm³/mol. The molecular formula is C99H162O16P2. The fraction of sp³-hybridized carbons (Fsp3) is 0.626. The van der Waals surface area contributed by atoms with Crippen LogP contribution in [0, 0.1) is 0 Å². The van der Waals surface area contributed by atoms with Crippen molar-refractivity contribution in [2.75, 3.05) is 39.6 Å². The lowest BCUT2D eigenvalue weighted by Gasteiger charge is -2.21. The number of aliphatic hydroxyl groups excluding tert-OH is 2. The van der Waals surface area contributed by atoms with Crippen molar-refractivity contribution in [3.8, 4) is 0 Å². The molecule has 0 aromatic carbocycles. The Bertz CT molecular complexity index is 2960. The van der Waals surface area contributed by atoms with Gasteiger partial charge in [-0.25, -0.2) is 9.13 Å². The van der Waals surface area contributed by atoms with E-state index < -0.39 is 91.5 Å². The summed E-state index contributed by atoms with van der Waals surface area (Å²) < 4.78 is 61.4. The normalized spacial score (nSPS) is 14.8. The van der Waals surface area contributed by atoms with Crippen LogP contribution in [0.25, 0.3) is 0 Å². The molecule has 0 amide bonds. The van der Waals surface area contributed by atoms with Gasteiger partial charge in [0, 0.05) is 19.3 Å². The van der Waals surface area contributed by atoms with E-state index in [0.29, 0.717) is 19.3 Å². The quantitative estimate of drug-likeness (QED) is 0.0146. The van der Waals surface area contributed by atoms with E-state index in [-0.39, 0.29) is 19.3 Å². The van der Waals surface area contributed by atoms with Gasteiger partial charge < -0.3 is 34.2 Å². The van der Waals surface area contributed by atoms with E-state index in [9.17, 15) is 43.5 Å². The number of esters is 3. The summed E-state index contributed by atoms with van der Waals surface area (Å²) >= 11 is 0. The van der Waals surface area contributed by atoms with E-state index in [1.807, 2.05) is 0 Å². The topological polar surface area (TPSA) is 231 Å². The molecule has 664 valence electrons. The highest BCUT2D eigenvalue weighted by molar-refractivity contribution is 7.47. The zero-order valence-corrected chi connectivity index (χ0v) is 74.8. The van der Waals surface area contributed by atoms with Gasteiger partial charge in [0.25, 0.3) is 0 Å². The van der Waals surface area contributed by atoms with Gasteiger partial charge in [-0.3, -0.25) is 32.5 Å². The van der Waals surface area contributed by atoms with Gasteiger partial charge in [-0.2, -0.15) is 0 Å². The first-order chi connectivity index (χ1) is 57.2. The Kier molecular flexibility index (Phi) is 84.9. The number of phosphoric acid groups is 2. The fourth-order valence-corrected chi connectivity index (χ4v) is 13.3. The number of ether oxygens (including phenoxy) is 3. The molecule has 0 aliphatic heterocycles. The number of aliphatic hydroxyl groups is 2. The Morgan fingerprint density at radius 2 is 0.427 bits per heavy atom. The predicted octanol–water partition coefficient (Wildman–Crippen LogP) is 28.0. The number of phosphoric ester groups is 2. The summed E-state index contributed by atoms with van der Waals surface area (Å²) in [5, 5.41) is 20.7. The van der Waals surface area contributed by atoms with Gasteiger partial charge in [-0.15, -0.1) is 0 Å². The molecule has 0 fully saturated rings. The van der Waals surface area contributed by atoms with Crippen molar-refractivity contribution in [3.05, 3.63) is 207 Å². The Morgan fingerprint density at radius 1 is 0.239 bits per heavy atom. The van der Waals surface area contributed by atoms with Crippen molar-refractivity contribution in [1.82, 2.24) is 0 Å². The van der Waals surface area contributed by atoms with Crippen LogP contribution in [0.3, 0.4) is 0 Å². The summed E-state index contributed by atoms with van der Waals surface area (Å²) in [5.41, 5.74) is 0. The largest absolute Gasteiger partial charge is 0.472 e. The van der Waals surface area contributed by atoms with Gasteiger partial charge in [-0.1, -0.05) is 362 Å². The van der Waals surface area contributed by atoms with Crippen LogP contribution in [0.4, 0.5) is 0 Å². The minimum Gasteiger partial charge on any atom is -0.463 e. The number of carbonyl (C=O) groups is 3. The first-order valence-corrected chi connectivity index (χ1v) is 48.4. The number of hydrogen-bond donors (Lipinski definition) is 4. The molecular weight excluding hydrogens is 1510 g/mol. The third kappa shape index (κ3) is 90.7. The number of unbranched alkanes of at least 4 members (excludes halogenated alkanes) is 27. The summed E-state index contributed by atoms with van der Waals surface area (Å²) in [7, 11) is -9.83. The molecule has 0 aliphatic rings. The smallest absolute Gasteiger partial charge is 0.463 e. The molecule has 4 N–H and O–H groups in total. The maximum Gasteiger partial charge on any atom is 0.472 e. The Hall–Kier alpha value is -5.87. The van der Waals surface area contributed by atoms with E-state index in [4.69, 9.17) is 32.3 Å². The van der Waals surface area contributed by atoms with Gasteiger partial charge in [-0.05, 0) is 167 Å². The number of carbonyl (C=O) groups excluding carboxylic acids is 3. The van der Waals surface area contributed by atoms with Gasteiger partial charge in [0.2, 0.25) is 0 Å². The van der Waals surface area contributed by atoms with Crippen molar-refractivity contribution >= 4 is 33.6 Å². The second-order valence-corrected chi connectivity index (χ2v) is 32.5. The Labute approximate surface area is 711 Å². The average molecular weight is 1670 g/mol. The van der Waals surface area contributed by atoms with Crippen LogP contribution in [-0.4, -0.2) is 95.9 Å². The molecule has 0 rings (SSSR count). The molecule has 16 nitrogen and oxygen atoms in total. The first-order valence-electron chi connectivity index (χ1n) is 45.4. The summed E-state index contributed by atoms with van der Waals surface area (Å²) in [4.78, 5) is 59.0. The van der Waals surface area contributed by atoms with E-state index in [2.05, 4.69) is 227 Å². The molecule has 18 heteroatoms. The molecule has 0 aromatic rings. The van der Waals surface area contributed by atoms with Crippen molar-refractivity contribution < 1.29 is 75.8 Å². The maximum absolute atomic E-state index is 13.0. The number of rotatable bonds is 84. The zero-order chi connectivity index (χ0) is 85.1. The van der Waals surface area contributed by atoms with Gasteiger partial charge in [0.05, 0.1) is 26.4 Å². The van der Waals surface area contributed by atoms with Crippen LogP contribution in [0.2, 0.25) is 0 Å². The van der Waals surface area contributed by atoms with Crippen LogP contribution < -0.4 is 0 Å². The maximum atomic E-state index is 13.0. The zero-order valence-electron chi connectivity index (χ0n) is 73.0. The molecule has 0 bridgehead atoms. The first kappa shape index (κ1) is 111. The van der Waals surface area contributed by atoms with Crippen molar-refractivity contribution in [3.63, 3.8) is 0 Å². The second-order valence-electron chi connectivity index (χ2n) is 29.6. The summed E-state index contributed by atoms with van der Waals surface area (Å²) in [6, 6.07) is 0. The van der Waals surface area contributed by atoms with Crippen LogP contribution in [0.5, 0.6) is 0 Å². The molecule has 0 saturated carbocycles. The van der Waals surface area contributed by atoms with Crippen LogP contribution in [-0.2, 0) is 55.8 Å². The van der Waals surface area contributed by atoms with E-state index in [1.54, 1.807) is 0 Å². The lowest BCUT2D eigenvalue weighted by Crippen LogP contribution is -2.30. The van der Waals surface area contributed by atoms with Crippen LogP contribution in [0.15, 0.2) is 207 Å². The Balaban J connectivity index is 4.61. The Morgan fingerprint density at radius 3 is 0.684 bits per heavy atom. The second kappa shape index (κ2) is 89.4. The third-order valence-corrected chi connectivity index (χ3v) is 20.4. The van der Waals surface area contributed by atoms with Crippen molar-refractivity contribution in [2.24, 2.45) is 0 Å². The highest BCUT2D eigenvalue weighted by Crippen LogP contribution is 2.45. The number of hydrogen-bond acceptors (Lipinski definition) is 14. The van der Waals surface area contributed by atoms with Gasteiger partial charge >= 0.3 is 33.6 Å². The highest BCUT2D eigenvalue weighted by Gasteiger charge is 2.29. The van der Waals surface area contributed by atoms with Gasteiger partial charge in [0.15, 0.2) is 6.10 Å². The molecule has 0 radical (unpaired) electrons. The molecule has 0 spiro atoms. The standard InChI is InChI=1S/C99H162O16P2/c1-4-7-10-13-16-19-22-25-28-31-34-36-38-40-42-44-46-48-50-52-54-56-59-61-64-67-70-73-76-79-82-85-97(102)109-88-94(100)89-111-116(105,106)112-90-95(101)91-113-117(107,108)114-93-96(115-99(104)87-84-81-78-75-72-69-66-63-58-33-30-27-24-21-18-15-12-9-6-3)92-110-98(103)86-83-80-77-74-71-68-65-62-60-57-55-53-51-49-47-45-43-41-39-37-35-32-29-26-23-20-17-14-11-8-5-2/h7-12,16-21,25-30,34-37,40-43,46-49,58,63,69,72,94-96,100-101H,4-6,13-15,22-24,31-33,38-39,44-45,50-57,59-62,64-68,70-71,73-93H2,1-3H3,(H,105,106)(H,107,108)/b10-7-,11-8-,12-9-,19-16-,20-17-,21-18-,28-25-,29-26-,30-27-,36-34-,37-35-,42-40-,43-41-,48-46-,49-47-,63-58-,72-69-. The third-order valence-electron chi connectivity index (χ3n) is 18.5. The molecule has 0 saturated heterocycles.